The van der Waals surface area contributed by atoms with Crippen LogP contribution in [-0.2, 0) is 4.79 Å². The summed E-state index contributed by atoms with van der Waals surface area (Å²) < 4.78 is 0. The second-order valence-corrected chi connectivity index (χ2v) is 3.98. The molecule has 0 aromatic heterocycles. The van der Waals surface area contributed by atoms with Gasteiger partial charge in [-0.2, -0.15) is 11.8 Å². The van der Waals surface area contributed by atoms with Crippen LogP contribution in [0, 0.1) is 0 Å². The van der Waals surface area contributed by atoms with Gasteiger partial charge >= 0.3 is 0 Å². The van der Waals surface area contributed by atoms with Crippen LogP contribution in [0.15, 0.2) is 0 Å². The summed E-state index contributed by atoms with van der Waals surface area (Å²) in [6.07, 6.45) is 0.650. The first-order valence-corrected chi connectivity index (χ1v) is 4.90. The molecule has 0 radical (unpaired) electrons. The Morgan fingerprint density at radius 3 is 2.91 bits per heavy atom. The van der Waals surface area contributed by atoms with Gasteiger partial charge in [-0.3, -0.25) is 4.79 Å². The van der Waals surface area contributed by atoms with E-state index in [1.165, 1.54) is 0 Å². The third-order valence-corrected chi connectivity index (χ3v) is 2.95. The van der Waals surface area contributed by atoms with Crippen molar-refractivity contribution in [1.29, 1.82) is 0 Å². The highest BCUT2D eigenvalue weighted by molar-refractivity contribution is 8.00. The topological polar surface area (TPSA) is 41.1 Å². The largest absolute Gasteiger partial charge is 0.359 e. The standard InChI is InChI=1S/C7H14N2OS/c1-8-7(10)2-3-11-6-4-9-5-6/h6,9H,2-5H2,1H3,(H,8,10). The Balaban J connectivity index is 1.90. The monoisotopic (exact) mass is 174 g/mol. The molecule has 0 atom stereocenters. The molecule has 1 rings (SSSR count). The molecule has 0 bridgehead atoms. The van der Waals surface area contributed by atoms with Crippen molar-refractivity contribution in [2.24, 2.45) is 0 Å². The van der Waals surface area contributed by atoms with Gasteiger partial charge in [-0.15, -0.1) is 0 Å². The van der Waals surface area contributed by atoms with Gasteiger partial charge < -0.3 is 10.6 Å². The summed E-state index contributed by atoms with van der Waals surface area (Å²) >= 11 is 1.88. The lowest BCUT2D eigenvalue weighted by molar-refractivity contribution is -0.120. The zero-order valence-corrected chi connectivity index (χ0v) is 7.54. The van der Waals surface area contributed by atoms with Crippen LogP contribution < -0.4 is 10.6 Å². The normalized spacial score (nSPS) is 17.5. The van der Waals surface area contributed by atoms with Crippen molar-refractivity contribution in [3.05, 3.63) is 0 Å². The summed E-state index contributed by atoms with van der Waals surface area (Å²) in [6.45, 7) is 2.22. The molecule has 2 N–H and O–H groups in total. The van der Waals surface area contributed by atoms with Gasteiger partial charge in [0.2, 0.25) is 5.91 Å². The maximum atomic E-state index is 10.8. The van der Waals surface area contributed by atoms with Crippen molar-refractivity contribution in [3.8, 4) is 0 Å². The average Bonchev–Trinajstić information content (AvgIpc) is 1.94. The Labute approximate surface area is 71.3 Å². The van der Waals surface area contributed by atoms with E-state index in [1.54, 1.807) is 7.05 Å². The molecule has 1 aliphatic heterocycles. The Hall–Kier alpha value is -0.220. The molecule has 1 fully saturated rings. The van der Waals surface area contributed by atoms with Gasteiger partial charge in [-0.05, 0) is 0 Å². The number of hydrogen-bond donors (Lipinski definition) is 2. The van der Waals surface area contributed by atoms with Crippen LogP contribution in [0.25, 0.3) is 0 Å². The molecular formula is C7H14N2OS. The lowest BCUT2D eigenvalue weighted by Crippen LogP contribution is -2.44. The van der Waals surface area contributed by atoms with Crippen LogP contribution in [0.2, 0.25) is 0 Å². The van der Waals surface area contributed by atoms with E-state index in [-0.39, 0.29) is 5.91 Å². The van der Waals surface area contributed by atoms with Crippen molar-refractivity contribution in [2.45, 2.75) is 11.7 Å². The molecule has 0 spiro atoms. The summed E-state index contributed by atoms with van der Waals surface area (Å²) in [5, 5.41) is 6.55. The molecule has 0 unspecified atom stereocenters. The van der Waals surface area contributed by atoms with E-state index in [2.05, 4.69) is 10.6 Å². The minimum Gasteiger partial charge on any atom is -0.359 e. The minimum absolute atomic E-state index is 0.143. The predicted octanol–water partition coefficient (Wildman–Crippen LogP) is -0.172. The van der Waals surface area contributed by atoms with Gasteiger partial charge in [0.05, 0.1) is 0 Å². The molecule has 0 aromatic rings. The van der Waals surface area contributed by atoms with Gasteiger partial charge in [0.1, 0.15) is 0 Å². The Morgan fingerprint density at radius 1 is 1.73 bits per heavy atom. The molecule has 1 aliphatic rings. The van der Waals surface area contributed by atoms with Gasteiger partial charge in [0.15, 0.2) is 0 Å². The maximum Gasteiger partial charge on any atom is 0.220 e. The van der Waals surface area contributed by atoms with Gasteiger partial charge in [-0.25, -0.2) is 0 Å². The van der Waals surface area contributed by atoms with E-state index < -0.39 is 0 Å². The fourth-order valence-corrected chi connectivity index (χ4v) is 1.93. The molecule has 0 aromatic carbocycles. The number of carbonyl (C=O) groups is 1. The van der Waals surface area contributed by atoms with Crippen molar-refractivity contribution in [3.63, 3.8) is 0 Å². The lowest BCUT2D eigenvalue weighted by atomic mass is 10.3. The molecule has 64 valence electrons. The fourth-order valence-electron chi connectivity index (χ4n) is 0.823. The van der Waals surface area contributed by atoms with E-state index >= 15 is 0 Å². The van der Waals surface area contributed by atoms with Crippen LogP contribution in [0.5, 0.6) is 0 Å². The first-order chi connectivity index (χ1) is 5.33. The van der Waals surface area contributed by atoms with Crippen LogP contribution in [-0.4, -0.2) is 37.0 Å². The minimum atomic E-state index is 0.143. The summed E-state index contributed by atoms with van der Waals surface area (Å²) in [5.74, 6) is 1.09. The van der Waals surface area contributed by atoms with E-state index in [4.69, 9.17) is 0 Å². The highest BCUT2D eigenvalue weighted by Gasteiger charge is 2.16. The molecular weight excluding hydrogens is 160 g/mol. The van der Waals surface area contributed by atoms with E-state index in [0.717, 1.165) is 24.1 Å². The summed E-state index contributed by atoms with van der Waals surface area (Å²) in [4.78, 5) is 10.8. The molecule has 4 heteroatoms. The molecule has 0 aliphatic carbocycles. The second kappa shape index (κ2) is 4.62. The zero-order chi connectivity index (χ0) is 8.10. The first kappa shape index (κ1) is 8.87. The first-order valence-electron chi connectivity index (χ1n) is 3.86. The zero-order valence-electron chi connectivity index (χ0n) is 6.72. The van der Waals surface area contributed by atoms with Crippen LogP contribution in [0.4, 0.5) is 0 Å². The van der Waals surface area contributed by atoms with E-state index in [9.17, 15) is 4.79 Å². The molecule has 11 heavy (non-hydrogen) atoms. The number of thioether (sulfide) groups is 1. The molecule has 1 saturated heterocycles. The fraction of sp³-hybridized carbons (Fsp3) is 0.857. The SMILES string of the molecule is CNC(=O)CCSC1CNC1. The van der Waals surface area contributed by atoms with E-state index in [0.29, 0.717) is 6.42 Å². The highest BCUT2D eigenvalue weighted by atomic mass is 32.2. The third-order valence-electron chi connectivity index (χ3n) is 1.71. The summed E-state index contributed by atoms with van der Waals surface area (Å²) in [7, 11) is 1.68. The van der Waals surface area contributed by atoms with E-state index in [1.807, 2.05) is 11.8 Å². The molecule has 1 heterocycles. The Morgan fingerprint density at radius 2 is 2.45 bits per heavy atom. The number of carbonyl (C=O) groups excluding carboxylic acids is 1. The van der Waals surface area contributed by atoms with Gasteiger partial charge in [-0.1, -0.05) is 0 Å². The number of amides is 1. The maximum absolute atomic E-state index is 10.8. The number of hydrogen-bond acceptors (Lipinski definition) is 3. The molecule has 0 saturated carbocycles. The van der Waals surface area contributed by atoms with Crippen LogP contribution >= 0.6 is 11.8 Å². The summed E-state index contributed by atoms with van der Waals surface area (Å²) in [6, 6.07) is 0. The Kier molecular flexibility index (Phi) is 3.72. The Bertz CT molecular complexity index is 136. The average molecular weight is 174 g/mol. The van der Waals surface area contributed by atoms with Crippen LogP contribution in [0.3, 0.4) is 0 Å². The van der Waals surface area contributed by atoms with Crippen molar-refractivity contribution in [2.75, 3.05) is 25.9 Å². The molecule has 1 amide bonds. The third kappa shape index (κ3) is 3.12. The molecule has 3 nitrogen and oxygen atoms in total. The van der Waals surface area contributed by atoms with Crippen molar-refractivity contribution >= 4 is 17.7 Å². The van der Waals surface area contributed by atoms with Crippen molar-refractivity contribution < 1.29 is 4.79 Å². The summed E-state index contributed by atoms with van der Waals surface area (Å²) in [5.41, 5.74) is 0. The van der Waals surface area contributed by atoms with Crippen LogP contribution in [0.1, 0.15) is 6.42 Å². The van der Waals surface area contributed by atoms with Gasteiger partial charge in [0.25, 0.3) is 0 Å². The number of rotatable bonds is 4. The number of nitrogens with one attached hydrogen (secondary N) is 2. The highest BCUT2D eigenvalue weighted by Crippen LogP contribution is 2.15. The van der Waals surface area contributed by atoms with Gasteiger partial charge in [0, 0.05) is 37.6 Å². The lowest BCUT2D eigenvalue weighted by Gasteiger charge is -2.26. The quantitative estimate of drug-likeness (QED) is 0.621. The second-order valence-electron chi connectivity index (χ2n) is 2.57. The van der Waals surface area contributed by atoms with Crippen molar-refractivity contribution in [1.82, 2.24) is 10.6 Å². The smallest absolute Gasteiger partial charge is 0.220 e. The predicted molar refractivity (Wildman–Crippen MR) is 47.8 cm³/mol.